The normalized spacial score (nSPS) is 10.9. The highest BCUT2D eigenvalue weighted by atomic mass is 35.5. The lowest BCUT2D eigenvalue weighted by Gasteiger charge is -2.14. The van der Waals surface area contributed by atoms with Crippen molar-refractivity contribution >= 4 is 17.4 Å². The number of hydrogen-bond acceptors (Lipinski definition) is 3. The second-order valence-corrected chi connectivity index (χ2v) is 4.71. The van der Waals surface area contributed by atoms with E-state index in [2.05, 4.69) is 9.97 Å². The molecular weight excluding hydrogens is 253 g/mol. The monoisotopic (exact) mass is 265 g/mol. The van der Waals surface area contributed by atoms with Crippen molar-refractivity contribution in [1.82, 2.24) is 9.97 Å². The number of benzene rings is 1. The van der Waals surface area contributed by atoms with Crippen LogP contribution in [0.1, 0.15) is 25.3 Å². The minimum absolute atomic E-state index is 0.125. The van der Waals surface area contributed by atoms with E-state index in [9.17, 15) is 4.39 Å². The Labute approximate surface area is 110 Å². The Morgan fingerprint density at radius 3 is 2.67 bits per heavy atom. The maximum absolute atomic E-state index is 13.3. The highest BCUT2D eigenvalue weighted by Gasteiger charge is 2.17. The Morgan fingerprint density at radius 1 is 1.28 bits per heavy atom. The van der Waals surface area contributed by atoms with Gasteiger partial charge in [-0.3, -0.25) is 0 Å². The van der Waals surface area contributed by atoms with Gasteiger partial charge in [-0.05, 0) is 24.1 Å². The van der Waals surface area contributed by atoms with Gasteiger partial charge in [-0.2, -0.15) is 0 Å². The van der Waals surface area contributed by atoms with Crippen LogP contribution in [-0.4, -0.2) is 9.97 Å². The number of nitrogens with two attached hydrogens (primary N) is 1. The first kappa shape index (κ1) is 12.8. The third kappa shape index (κ3) is 2.29. The summed E-state index contributed by atoms with van der Waals surface area (Å²) in [6.45, 7) is 3.96. The lowest BCUT2D eigenvalue weighted by atomic mass is 9.97. The van der Waals surface area contributed by atoms with Gasteiger partial charge in [0, 0.05) is 11.1 Å². The van der Waals surface area contributed by atoms with E-state index in [0.717, 1.165) is 5.56 Å². The number of halogens is 2. The summed E-state index contributed by atoms with van der Waals surface area (Å²) in [7, 11) is 0. The smallest absolute Gasteiger partial charge is 0.130 e. The van der Waals surface area contributed by atoms with Crippen molar-refractivity contribution in [3.8, 4) is 11.3 Å². The second kappa shape index (κ2) is 4.90. The van der Waals surface area contributed by atoms with E-state index in [-0.39, 0.29) is 11.7 Å². The van der Waals surface area contributed by atoms with E-state index in [1.54, 1.807) is 0 Å². The molecule has 0 atom stereocenters. The Hall–Kier alpha value is -1.68. The Balaban J connectivity index is 2.71. The molecule has 0 aliphatic carbocycles. The number of nitrogen functional groups attached to an aromatic ring is 1. The highest BCUT2D eigenvalue weighted by Crippen LogP contribution is 2.34. The van der Waals surface area contributed by atoms with E-state index in [1.807, 2.05) is 13.8 Å². The van der Waals surface area contributed by atoms with Crippen LogP contribution >= 0.6 is 11.6 Å². The fourth-order valence-electron chi connectivity index (χ4n) is 1.87. The van der Waals surface area contributed by atoms with Gasteiger partial charge in [0.2, 0.25) is 0 Å². The zero-order chi connectivity index (χ0) is 13.3. The molecule has 1 heterocycles. The summed E-state index contributed by atoms with van der Waals surface area (Å²) in [6, 6.07) is 4.18. The minimum Gasteiger partial charge on any atom is -0.383 e. The van der Waals surface area contributed by atoms with E-state index in [4.69, 9.17) is 17.3 Å². The Morgan fingerprint density at radius 2 is 2.00 bits per heavy atom. The standard InChI is InChI=1S/C13H13ClFN3/c1-7(2)11-12(17-6-18-13(11)16)9-5-8(15)3-4-10(9)14/h3-7H,1-2H3,(H2,16,17,18). The molecule has 2 N–H and O–H groups in total. The van der Waals surface area contributed by atoms with Crippen LogP contribution in [0, 0.1) is 5.82 Å². The molecule has 2 rings (SSSR count). The van der Waals surface area contributed by atoms with Gasteiger partial charge in [0.1, 0.15) is 18.0 Å². The minimum atomic E-state index is -0.360. The average molecular weight is 266 g/mol. The van der Waals surface area contributed by atoms with E-state index < -0.39 is 0 Å². The largest absolute Gasteiger partial charge is 0.383 e. The molecule has 0 saturated carbocycles. The van der Waals surface area contributed by atoms with Gasteiger partial charge in [-0.25, -0.2) is 14.4 Å². The fourth-order valence-corrected chi connectivity index (χ4v) is 2.08. The molecular formula is C13H13ClFN3. The van der Waals surface area contributed by atoms with Crippen LogP contribution in [0.4, 0.5) is 10.2 Å². The summed E-state index contributed by atoms with van der Waals surface area (Å²) in [5, 5.41) is 0.441. The molecule has 2 aromatic rings. The first-order chi connectivity index (χ1) is 8.50. The van der Waals surface area contributed by atoms with E-state index in [0.29, 0.717) is 22.1 Å². The van der Waals surface area contributed by atoms with Gasteiger partial charge in [0.05, 0.1) is 10.7 Å². The van der Waals surface area contributed by atoms with Crippen LogP contribution < -0.4 is 5.73 Å². The molecule has 0 amide bonds. The van der Waals surface area contributed by atoms with Crippen molar-refractivity contribution in [3.63, 3.8) is 0 Å². The van der Waals surface area contributed by atoms with Gasteiger partial charge < -0.3 is 5.73 Å². The summed E-state index contributed by atoms with van der Waals surface area (Å²) < 4.78 is 13.3. The summed E-state index contributed by atoms with van der Waals surface area (Å²) in [5.41, 5.74) is 7.76. The van der Waals surface area contributed by atoms with Gasteiger partial charge >= 0.3 is 0 Å². The first-order valence-corrected chi connectivity index (χ1v) is 5.94. The summed E-state index contributed by atoms with van der Waals surface area (Å²) in [6.07, 6.45) is 1.36. The molecule has 18 heavy (non-hydrogen) atoms. The van der Waals surface area contributed by atoms with Gasteiger partial charge in [-0.1, -0.05) is 25.4 Å². The number of hydrogen-bond donors (Lipinski definition) is 1. The maximum Gasteiger partial charge on any atom is 0.130 e. The van der Waals surface area contributed by atoms with Gasteiger partial charge in [-0.15, -0.1) is 0 Å². The fraction of sp³-hybridized carbons (Fsp3) is 0.231. The van der Waals surface area contributed by atoms with Crippen molar-refractivity contribution < 1.29 is 4.39 Å². The summed E-state index contributed by atoms with van der Waals surface area (Å²) >= 11 is 6.09. The van der Waals surface area contributed by atoms with Crippen molar-refractivity contribution in [3.05, 3.63) is 40.9 Å². The van der Waals surface area contributed by atoms with Crippen LogP contribution in [0.5, 0.6) is 0 Å². The lowest BCUT2D eigenvalue weighted by molar-refractivity contribution is 0.628. The van der Waals surface area contributed by atoms with Crippen LogP contribution in [-0.2, 0) is 0 Å². The molecule has 0 unspecified atom stereocenters. The predicted molar refractivity (Wildman–Crippen MR) is 70.9 cm³/mol. The SMILES string of the molecule is CC(C)c1c(N)ncnc1-c1cc(F)ccc1Cl. The maximum atomic E-state index is 13.3. The molecule has 5 heteroatoms. The predicted octanol–water partition coefficient (Wildman–Crippen LogP) is 3.64. The molecule has 0 fully saturated rings. The highest BCUT2D eigenvalue weighted by molar-refractivity contribution is 6.33. The first-order valence-electron chi connectivity index (χ1n) is 5.56. The van der Waals surface area contributed by atoms with Crippen LogP contribution in [0.15, 0.2) is 24.5 Å². The number of nitrogens with zero attached hydrogens (tertiary/aromatic N) is 2. The summed E-state index contributed by atoms with van der Waals surface area (Å²) in [5.74, 6) is 0.164. The molecule has 1 aromatic carbocycles. The lowest BCUT2D eigenvalue weighted by Crippen LogP contribution is -2.04. The molecule has 1 aromatic heterocycles. The number of aromatic nitrogens is 2. The third-order valence-corrected chi connectivity index (χ3v) is 3.01. The molecule has 0 aliphatic rings. The quantitative estimate of drug-likeness (QED) is 0.902. The Bertz CT molecular complexity index is 584. The van der Waals surface area contributed by atoms with Crippen molar-refractivity contribution in [2.75, 3.05) is 5.73 Å². The number of anilines is 1. The zero-order valence-electron chi connectivity index (χ0n) is 10.1. The van der Waals surface area contributed by atoms with E-state index >= 15 is 0 Å². The van der Waals surface area contributed by atoms with Crippen molar-refractivity contribution in [2.45, 2.75) is 19.8 Å². The van der Waals surface area contributed by atoms with Gasteiger partial charge in [0.15, 0.2) is 0 Å². The molecule has 0 radical (unpaired) electrons. The van der Waals surface area contributed by atoms with Crippen LogP contribution in [0.3, 0.4) is 0 Å². The van der Waals surface area contributed by atoms with E-state index in [1.165, 1.54) is 24.5 Å². The molecule has 0 saturated heterocycles. The summed E-state index contributed by atoms with van der Waals surface area (Å²) in [4.78, 5) is 8.16. The molecule has 0 aliphatic heterocycles. The van der Waals surface area contributed by atoms with Crippen LogP contribution in [0.25, 0.3) is 11.3 Å². The average Bonchev–Trinajstić information content (AvgIpc) is 2.31. The molecule has 3 nitrogen and oxygen atoms in total. The molecule has 0 spiro atoms. The number of rotatable bonds is 2. The van der Waals surface area contributed by atoms with Crippen molar-refractivity contribution in [1.29, 1.82) is 0 Å². The third-order valence-electron chi connectivity index (χ3n) is 2.68. The molecule has 94 valence electrons. The van der Waals surface area contributed by atoms with Gasteiger partial charge in [0.25, 0.3) is 0 Å². The topological polar surface area (TPSA) is 51.8 Å². The zero-order valence-corrected chi connectivity index (χ0v) is 10.9. The molecule has 0 bridgehead atoms. The Kier molecular flexibility index (Phi) is 3.48. The van der Waals surface area contributed by atoms with Crippen LogP contribution in [0.2, 0.25) is 5.02 Å². The second-order valence-electron chi connectivity index (χ2n) is 4.30. The van der Waals surface area contributed by atoms with Crippen molar-refractivity contribution in [2.24, 2.45) is 0 Å².